The first-order chi connectivity index (χ1) is 7.31. The van der Waals surface area contributed by atoms with Gasteiger partial charge in [0.15, 0.2) is 0 Å². The van der Waals surface area contributed by atoms with Gasteiger partial charge in [-0.25, -0.2) is 0 Å². The van der Waals surface area contributed by atoms with Crippen LogP contribution >= 0.6 is 0 Å². The number of hydrogen-bond donors (Lipinski definition) is 2. The van der Waals surface area contributed by atoms with E-state index in [-0.39, 0.29) is 0 Å². The van der Waals surface area contributed by atoms with Crippen LogP contribution in [0.25, 0.3) is 0 Å². The first kappa shape index (κ1) is 10.7. The van der Waals surface area contributed by atoms with Gasteiger partial charge in [-0.15, -0.1) is 0 Å². The van der Waals surface area contributed by atoms with Crippen molar-refractivity contribution in [1.29, 1.82) is 0 Å². The number of aryl methyl sites for hydroxylation is 1. The molecule has 1 fully saturated rings. The van der Waals surface area contributed by atoms with Crippen LogP contribution in [0.5, 0.6) is 0 Å². The second kappa shape index (κ2) is 4.81. The van der Waals surface area contributed by atoms with Crippen molar-refractivity contribution in [3.05, 3.63) is 23.7 Å². The van der Waals surface area contributed by atoms with Gasteiger partial charge in [-0.1, -0.05) is 6.42 Å². The van der Waals surface area contributed by atoms with Gasteiger partial charge in [0, 0.05) is 6.04 Å². The van der Waals surface area contributed by atoms with E-state index in [0.29, 0.717) is 12.1 Å². The Morgan fingerprint density at radius 2 is 2.33 bits per heavy atom. The van der Waals surface area contributed by atoms with Crippen LogP contribution < -0.4 is 10.6 Å². The predicted octanol–water partition coefficient (Wildman–Crippen LogP) is 1.99. The molecule has 0 bridgehead atoms. The van der Waals surface area contributed by atoms with Crippen LogP contribution in [0.3, 0.4) is 0 Å². The summed E-state index contributed by atoms with van der Waals surface area (Å²) in [7, 11) is 2.00. The zero-order valence-corrected chi connectivity index (χ0v) is 9.55. The Labute approximate surface area is 91.2 Å². The van der Waals surface area contributed by atoms with E-state index in [1.54, 1.807) is 0 Å². The van der Waals surface area contributed by atoms with E-state index in [4.69, 9.17) is 4.42 Å². The second-order valence-electron chi connectivity index (χ2n) is 4.27. The molecule has 0 aromatic carbocycles. The monoisotopic (exact) mass is 208 g/mol. The van der Waals surface area contributed by atoms with Crippen molar-refractivity contribution in [3.63, 3.8) is 0 Å². The van der Waals surface area contributed by atoms with Gasteiger partial charge in [-0.05, 0) is 45.5 Å². The van der Waals surface area contributed by atoms with Crippen LogP contribution in [-0.2, 0) is 0 Å². The lowest BCUT2D eigenvalue weighted by Crippen LogP contribution is -2.43. The highest BCUT2D eigenvalue weighted by Gasteiger charge is 2.25. The molecule has 1 aromatic rings. The van der Waals surface area contributed by atoms with Crippen LogP contribution in [0.1, 0.15) is 36.8 Å². The Morgan fingerprint density at radius 3 is 2.87 bits per heavy atom. The van der Waals surface area contributed by atoms with Crippen molar-refractivity contribution in [3.8, 4) is 0 Å². The topological polar surface area (TPSA) is 37.2 Å². The lowest BCUT2D eigenvalue weighted by Gasteiger charge is -2.29. The summed E-state index contributed by atoms with van der Waals surface area (Å²) in [4.78, 5) is 0. The quantitative estimate of drug-likeness (QED) is 0.797. The highest BCUT2D eigenvalue weighted by molar-refractivity contribution is 5.12. The van der Waals surface area contributed by atoms with Crippen LogP contribution in [0.2, 0.25) is 0 Å². The lowest BCUT2D eigenvalue weighted by molar-refractivity contribution is 0.290. The third kappa shape index (κ3) is 2.41. The number of piperidine rings is 1. The molecule has 0 spiro atoms. The van der Waals surface area contributed by atoms with Crippen LogP contribution in [0.15, 0.2) is 16.5 Å². The third-order valence-corrected chi connectivity index (χ3v) is 3.13. The molecule has 2 rings (SSSR count). The van der Waals surface area contributed by atoms with Gasteiger partial charge in [-0.2, -0.15) is 0 Å². The molecule has 0 saturated carbocycles. The minimum Gasteiger partial charge on any atom is -0.465 e. The summed E-state index contributed by atoms with van der Waals surface area (Å²) in [6, 6.07) is 4.92. The molecule has 3 heteroatoms. The average Bonchev–Trinajstić information content (AvgIpc) is 2.68. The summed E-state index contributed by atoms with van der Waals surface area (Å²) in [5.74, 6) is 2.04. The fraction of sp³-hybridized carbons (Fsp3) is 0.667. The molecular weight excluding hydrogens is 188 g/mol. The highest BCUT2D eigenvalue weighted by atomic mass is 16.3. The fourth-order valence-electron chi connectivity index (χ4n) is 2.33. The van der Waals surface area contributed by atoms with E-state index in [9.17, 15) is 0 Å². The summed E-state index contributed by atoms with van der Waals surface area (Å²) < 4.78 is 5.69. The smallest absolute Gasteiger partial charge is 0.122 e. The van der Waals surface area contributed by atoms with Gasteiger partial charge < -0.3 is 15.1 Å². The molecule has 0 radical (unpaired) electrons. The minimum absolute atomic E-state index is 0.305. The average molecular weight is 208 g/mol. The van der Waals surface area contributed by atoms with E-state index < -0.39 is 0 Å². The molecule has 84 valence electrons. The van der Waals surface area contributed by atoms with Crippen molar-refractivity contribution in [1.82, 2.24) is 10.6 Å². The van der Waals surface area contributed by atoms with Gasteiger partial charge in [0.05, 0.1) is 6.04 Å². The maximum absolute atomic E-state index is 5.69. The van der Waals surface area contributed by atoms with Gasteiger partial charge >= 0.3 is 0 Å². The molecule has 3 nitrogen and oxygen atoms in total. The number of nitrogens with one attached hydrogen (secondary N) is 2. The highest BCUT2D eigenvalue weighted by Crippen LogP contribution is 2.24. The SMILES string of the molecule is CNC(c1ccc(C)o1)C1CCCCN1. The Kier molecular flexibility index (Phi) is 3.44. The molecule has 0 aliphatic carbocycles. The standard InChI is InChI=1S/C12H20N2O/c1-9-6-7-11(15-9)12(13-2)10-5-3-4-8-14-10/h6-7,10,12-14H,3-5,8H2,1-2H3. The van der Waals surface area contributed by atoms with Gasteiger partial charge in [0.25, 0.3) is 0 Å². The van der Waals surface area contributed by atoms with Crippen LogP contribution in [-0.4, -0.2) is 19.6 Å². The largest absolute Gasteiger partial charge is 0.465 e. The van der Waals surface area contributed by atoms with Crippen molar-refractivity contribution in [2.24, 2.45) is 0 Å². The normalized spacial score (nSPS) is 24.0. The van der Waals surface area contributed by atoms with Crippen LogP contribution in [0, 0.1) is 6.92 Å². The third-order valence-electron chi connectivity index (χ3n) is 3.13. The first-order valence-corrected chi connectivity index (χ1v) is 5.78. The number of likely N-dealkylation sites (N-methyl/N-ethyl adjacent to an activating group) is 1. The molecule has 1 aromatic heterocycles. The summed E-state index contributed by atoms with van der Waals surface area (Å²) in [6.45, 7) is 3.12. The summed E-state index contributed by atoms with van der Waals surface area (Å²) in [5, 5.41) is 6.90. The lowest BCUT2D eigenvalue weighted by atomic mass is 9.96. The molecule has 1 saturated heterocycles. The van der Waals surface area contributed by atoms with Crippen molar-refractivity contribution < 1.29 is 4.42 Å². The van der Waals surface area contributed by atoms with Gasteiger partial charge in [-0.3, -0.25) is 0 Å². The van der Waals surface area contributed by atoms with Crippen molar-refractivity contribution in [2.75, 3.05) is 13.6 Å². The van der Waals surface area contributed by atoms with E-state index in [1.807, 2.05) is 20.0 Å². The zero-order valence-electron chi connectivity index (χ0n) is 9.55. The molecule has 15 heavy (non-hydrogen) atoms. The zero-order chi connectivity index (χ0) is 10.7. The Morgan fingerprint density at radius 1 is 1.47 bits per heavy atom. The Balaban J connectivity index is 2.08. The van der Waals surface area contributed by atoms with Gasteiger partial charge in [0.2, 0.25) is 0 Å². The summed E-state index contributed by atoms with van der Waals surface area (Å²) >= 11 is 0. The number of hydrogen-bond acceptors (Lipinski definition) is 3. The van der Waals surface area contributed by atoms with Crippen molar-refractivity contribution in [2.45, 2.75) is 38.3 Å². The van der Waals surface area contributed by atoms with E-state index in [0.717, 1.165) is 18.1 Å². The molecule has 1 aliphatic rings. The van der Waals surface area contributed by atoms with Gasteiger partial charge in [0.1, 0.15) is 11.5 Å². The molecular formula is C12H20N2O. The molecule has 2 N–H and O–H groups in total. The van der Waals surface area contributed by atoms with E-state index in [1.165, 1.54) is 19.3 Å². The maximum Gasteiger partial charge on any atom is 0.122 e. The molecule has 0 amide bonds. The number of rotatable bonds is 3. The molecule has 2 unspecified atom stereocenters. The minimum atomic E-state index is 0.305. The number of furan rings is 1. The summed E-state index contributed by atoms with van der Waals surface area (Å²) in [6.07, 6.45) is 3.84. The maximum atomic E-state index is 5.69. The Hall–Kier alpha value is -0.800. The molecule has 1 aliphatic heterocycles. The first-order valence-electron chi connectivity index (χ1n) is 5.78. The van der Waals surface area contributed by atoms with Crippen molar-refractivity contribution >= 4 is 0 Å². The molecule has 2 atom stereocenters. The van der Waals surface area contributed by atoms with E-state index >= 15 is 0 Å². The predicted molar refractivity (Wildman–Crippen MR) is 60.9 cm³/mol. The summed E-state index contributed by atoms with van der Waals surface area (Å²) in [5.41, 5.74) is 0. The second-order valence-corrected chi connectivity index (χ2v) is 4.27. The fourth-order valence-corrected chi connectivity index (χ4v) is 2.33. The van der Waals surface area contributed by atoms with Crippen LogP contribution in [0.4, 0.5) is 0 Å². The van der Waals surface area contributed by atoms with E-state index in [2.05, 4.69) is 16.7 Å². The molecule has 2 heterocycles. The Bertz CT molecular complexity index is 302.